The fourth-order valence-corrected chi connectivity index (χ4v) is 1.49. The van der Waals surface area contributed by atoms with E-state index >= 15 is 0 Å². The Labute approximate surface area is 90.6 Å². The summed E-state index contributed by atoms with van der Waals surface area (Å²) in [5.41, 5.74) is 10.3. The standard InChI is InChI=1S/C11H20N2O2/c1-10(2,3)15-9(14)11(13)7-5-4-6-8(11)12/h4-5,8H,6-7,12-13H2,1-3H3. The van der Waals surface area contributed by atoms with Gasteiger partial charge in [-0.2, -0.15) is 0 Å². The molecule has 1 aliphatic carbocycles. The normalized spacial score (nSPS) is 31.4. The number of rotatable bonds is 1. The number of carbonyl (C=O) groups excluding carboxylic acids is 1. The molecule has 15 heavy (non-hydrogen) atoms. The first kappa shape index (κ1) is 12.2. The molecule has 0 radical (unpaired) electrons. The molecule has 4 nitrogen and oxygen atoms in total. The number of esters is 1. The first-order chi connectivity index (χ1) is 6.76. The molecule has 0 saturated carbocycles. The van der Waals surface area contributed by atoms with Gasteiger partial charge >= 0.3 is 5.97 Å². The minimum absolute atomic E-state index is 0.364. The topological polar surface area (TPSA) is 78.3 Å². The van der Waals surface area contributed by atoms with Crippen molar-refractivity contribution in [3.8, 4) is 0 Å². The van der Waals surface area contributed by atoms with Gasteiger partial charge in [0, 0.05) is 6.04 Å². The lowest BCUT2D eigenvalue weighted by Gasteiger charge is -2.36. The molecule has 0 fully saturated rings. The van der Waals surface area contributed by atoms with Gasteiger partial charge in [0.25, 0.3) is 0 Å². The molecular weight excluding hydrogens is 192 g/mol. The van der Waals surface area contributed by atoms with E-state index in [0.29, 0.717) is 12.8 Å². The highest BCUT2D eigenvalue weighted by atomic mass is 16.6. The van der Waals surface area contributed by atoms with Gasteiger partial charge in [-0.3, -0.25) is 0 Å². The van der Waals surface area contributed by atoms with Crippen LogP contribution in [0.2, 0.25) is 0 Å². The second kappa shape index (κ2) is 3.94. The summed E-state index contributed by atoms with van der Waals surface area (Å²) >= 11 is 0. The van der Waals surface area contributed by atoms with E-state index in [2.05, 4.69) is 0 Å². The Balaban J connectivity index is 2.77. The summed E-state index contributed by atoms with van der Waals surface area (Å²) in [6.07, 6.45) is 4.90. The van der Waals surface area contributed by atoms with Crippen LogP contribution in [0.25, 0.3) is 0 Å². The van der Waals surface area contributed by atoms with Crippen molar-refractivity contribution in [3.63, 3.8) is 0 Å². The van der Waals surface area contributed by atoms with E-state index in [1.165, 1.54) is 0 Å². The Hall–Kier alpha value is -0.870. The van der Waals surface area contributed by atoms with Crippen LogP contribution in [0.4, 0.5) is 0 Å². The maximum Gasteiger partial charge on any atom is 0.328 e. The third-order valence-electron chi connectivity index (χ3n) is 2.45. The van der Waals surface area contributed by atoms with Gasteiger partial charge in [-0.15, -0.1) is 0 Å². The average Bonchev–Trinajstić information content (AvgIpc) is 2.07. The molecule has 0 aromatic carbocycles. The molecule has 4 N–H and O–H groups in total. The van der Waals surface area contributed by atoms with Gasteiger partial charge in [0.1, 0.15) is 11.1 Å². The second-order valence-corrected chi connectivity index (χ2v) is 5.06. The number of hydrogen-bond acceptors (Lipinski definition) is 4. The monoisotopic (exact) mass is 212 g/mol. The van der Waals surface area contributed by atoms with Crippen LogP contribution in [-0.2, 0) is 9.53 Å². The summed E-state index contributed by atoms with van der Waals surface area (Å²) in [5.74, 6) is -0.410. The zero-order valence-corrected chi connectivity index (χ0v) is 9.62. The van der Waals surface area contributed by atoms with E-state index in [-0.39, 0.29) is 6.04 Å². The SMILES string of the molecule is CC(C)(C)OC(=O)C1(N)CC=CCC1N. The van der Waals surface area contributed by atoms with Gasteiger partial charge in [-0.25, -0.2) is 4.79 Å². The van der Waals surface area contributed by atoms with E-state index in [1.54, 1.807) is 0 Å². The van der Waals surface area contributed by atoms with Crippen molar-refractivity contribution in [1.82, 2.24) is 0 Å². The molecule has 0 heterocycles. The van der Waals surface area contributed by atoms with Gasteiger partial charge in [-0.1, -0.05) is 12.2 Å². The third kappa shape index (κ3) is 2.79. The highest BCUT2D eigenvalue weighted by Crippen LogP contribution is 2.23. The number of carbonyl (C=O) groups is 1. The fourth-order valence-electron chi connectivity index (χ4n) is 1.49. The minimum Gasteiger partial charge on any atom is -0.459 e. The lowest BCUT2D eigenvalue weighted by molar-refractivity contribution is -0.162. The highest BCUT2D eigenvalue weighted by molar-refractivity contribution is 5.82. The third-order valence-corrected chi connectivity index (χ3v) is 2.45. The minimum atomic E-state index is -1.07. The van der Waals surface area contributed by atoms with Crippen LogP contribution in [0.3, 0.4) is 0 Å². The van der Waals surface area contributed by atoms with Gasteiger partial charge in [-0.05, 0) is 33.6 Å². The molecule has 86 valence electrons. The summed E-state index contributed by atoms with van der Waals surface area (Å²) in [6, 6.07) is -0.364. The smallest absolute Gasteiger partial charge is 0.328 e. The molecule has 0 aliphatic heterocycles. The van der Waals surface area contributed by atoms with Crippen LogP contribution in [0, 0.1) is 0 Å². The van der Waals surface area contributed by atoms with Crippen LogP contribution >= 0.6 is 0 Å². The van der Waals surface area contributed by atoms with Crippen molar-refractivity contribution in [1.29, 1.82) is 0 Å². The first-order valence-corrected chi connectivity index (χ1v) is 5.18. The predicted octanol–water partition coefficient (Wildman–Crippen LogP) is 0.703. The van der Waals surface area contributed by atoms with E-state index in [1.807, 2.05) is 32.9 Å². The Morgan fingerprint density at radius 1 is 1.47 bits per heavy atom. The second-order valence-electron chi connectivity index (χ2n) is 5.06. The van der Waals surface area contributed by atoms with Crippen molar-refractivity contribution in [2.75, 3.05) is 0 Å². The summed E-state index contributed by atoms with van der Waals surface area (Å²) in [4.78, 5) is 11.9. The molecule has 0 aromatic heterocycles. The Kier molecular flexibility index (Phi) is 3.21. The molecule has 0 aromatic rings. The van der Waals surface area contributed by atoms with Crippen molar-refractivity contribution in [2.24, 2.45) is 11.5 Å². The molecular formula is C11H20N2O2. The van der Waals surface area contributed by atoms with Crippen molar-refractivity contribution in [2.45, 2.75) is 50.8 Å². The Morgan fingerprint density at radius 3 is 2.53 bits per heavy atom. The van der Waals surface area contributed by atoms with Crippen molar-refractivity contribution in [3.05, 3.63) is 12.2 Å². The first-order valence-electron chi connectivity index (χ1n) is 5.18. The summed E-state index contributed by atoms with van der Waals surface area (Å²) < 4.78 is 5.27. The van der Waals surface area contributed by atoms with Crippen LogP contribution in [0.1, 0.15) is 33.6 Å². The van der Waals surface area contributed by atoms with Gasteiger partial charge in [0.15, 0.2) is 0 Å². The van der Waals surface area contributed by atoms with E-state index in [0.717, 1.165) is 0 Å². The van der Waals surface area contributed by atoms with Gasteiger partial charge in [0.05, 0.1) is 0 Å². The maximum atomic E-state index is 11.9. The molecule has 0 bridgehead atoms. The number of hydrogen-bond donors (Lipinski definition) is 2. The Bertz CT molecular complexity index is 281. The molecule has 0 saturated heterocycles. The largest absolute Gasteiger partial charge is 0.459 e. The summed E-state index contributed by atoms with van der Waals surface area (Å²) in [5, 5.41) is 0. The summed E-state index contributed by atoms with van der Waals surface area (Å²) in [6.45, 7) is 5.45. The number of nitrogens with two attached hydrogens (primary N) is 2. The number of ether oxygens (including phenoxy) is 1. The maximum absolute atomic E-state index is 11.9. The predicted molar refractivity (Wildman–Crippen MR) is 59.1 cm³/mol. The Morgan fingerprint density at radius 2 is 2.07 bits per heavy atom. The fraction of sp³-hybridized carbons (Fsp3) is 0.727. The van der Waals surface area contributed by atoms with Crippen molar-refractivity contribution >= 4 is 5.97 Å². The van der Waals surface area contributed by atoms with E-state index in [9.17, 15) is 4.79 Å². The van der Waals surface area contributed by atoms with Gasteiger partial charge < -0.3 is 16.2 Å². The molecule has 0 amide bonds. The van der Waals surface area contributed by atoms with E-state index in [4.69, 9.17) is 16.2 Å². The average molecular weight is 212 g/mol. The molecule has 1 rings (SSSR count). The van der Waals surface area contributed by atoms with Gasteiger partial charge in [0.2, 0.25) is 0 Å². The molecule has 0 spiro atoms. The highest BCUT2D eigenvalue weighted by Gasteiger charge is 2.43. The molecule has 2 atom stereocenters. The van der Waals surface area contributed by atoms with Crippen LogP contribution < -0.4 is 11.5 Å². The lowest BCUT2D eigenvalue weighted by atomic mass is 9.82. The van der Waals surface area contributed by atoms with E-state index < -0.39 is 17.1 Å². The van der Waals surface area contributed by atoms with Crippen LogP contribution in [0.5, 0.6) is 0 Å². The molecule has 1 aliphatic rings. The molecule has 2 unspecified atom stereocenters. The van der Waals surface area contributed by atoms with Crippen LogP contribution in [-0.4, -0.2) is 23.2 Å². The molecule has 4 heteroatoms. The quantitative estimate of drug-likeness (QED) is 0.495. The van der Waals surface area contributed by atoms with Crippen molar-refractivity contribution < 1.29 is 9.53 Å². The summed E-state index contributed by atoms with van der Waals surface area (Å²) in [7, 11) is 0. The lowest BCUT2D eigenvalue weighted by Crippen LogP contribution is -2.62. The zero-order valence-electron chi connectivity index (χ0n) is 9.62. The van der Waals surface area contributed by atoms with Crippen LogP contribution in [0.15, 0.2) is 12.2 Å². The zero-order chi connectivity index (χ0) is 11.7.